The summed E-state index contributed by atoms with van der Waals surface area (Å²) in [6.07, 6.45) is 1.51. The van der Waals surface area contributed by atoms with Gasteiger partial charge in [-0.15, -0.1) is 0 Å². The minimum atomic E-state index is -3.84. The summed E-state index contributed by atoms with van der Waals surface area (Å²) in [6, 6.07) is 26.3. The van der Waals surface area contributed by atoms with E-state index >= 15 is 0 Å². The van der Waals surface area contributed by atoms with Crippen LogP contribution in [0.4, 0.5) is 0 Å². The van der Waals surface area contributed by atoms with E-state index < -0.39 is 10.0 Å². The van der Waals surface area contributed by atoms with E-state index in [0.29, 0.717) is 31.3 Å². The summed E-state index contributed by atoms with van der Waals surface area (Å²) < 4.78 is 29.4. The number of benzene rings is 3. The second-order valence-corrected chi connectivity index (χ2v) is 10.7. The molecule has 5 nitrogen and oxygen atoms in total. The SMILES string of the molecule is O=C1CC2Cc3c(n(S(=O)(=O)c4ccccc4)c4ccccc34)C(C1)N2Cc1ccccc1. The van der Waals surface area contributed by atoms with Crippen molar-refractivity contribution < 1.29 is 13.2 Å². The van der Waals surface area contributed by atoms with Gasteiger partial charge in [0, 0.05) is 30.8 Å². The summed E-state index contributed by atoms with van der Waals surface area (Å²) in [5.74, 6) is 0.203. The Morgan fingerprint density at radius 3 is 2.21 bits per heavy atom. The van der Waals surface area contributed by atoms with E-state index in [1.807, 2.05) is 48.5 Å². The molecule has 1 saturated heterocycles. The zero-order valence-corrected chi connectivity index (χ0v) is 18.9. The summed E-state index contributed by atoms with van der Waals surface area (Å²) in [5.41, 5.74) is 3.67. The van der Waals surface area contributed by atoms with E-state index in [0.717, 1.165) is 16.6 Å². The molecule has 2 bridgehead atoms. The van der Waals surface area contributed by atoms with Crippen LogP contribution in [0.2, 0.25) is 0 Å². The van der Waals surface area contributed by atoms with Crippen molar-refractivity contribution in [2.24, 2.45) is 0 Å². The van der Waals surface area contributed by atoms with Crippen molar-refractivity contribution in [2.75, 3.05) is 0 Å². The van der Waals surface area contributed by atoms with Crippen LogP contribution in [0.15, 0.2) is 89.8 Å². The van der Waals surface area contributed by atoms with E-state index in [9.17, 15) is 13.2 Å². The number of Topliss-reactive ketones (excluding diaryl/α,β-unsaturated/α-hetero) is 1. The van der Waals surface area contributed by atoms with Gasteiger partial charge in [-0.25, -0.2) is 12.4 Å². The van der Waals surface area contributed by atoms with Crippen LogP contribution in [0.1, 0.15) is 35.7 Å². The Morgan fingerprint density at radius 1 is 0.788 bits per heavy atom. The lowest BCUT2D eigenvalue weighted by Crippen LogP contribution is -2.49. The molecule has 3 aromatic carbocycles. The monoisotopic (exact) mass is 456 g/mol. The first-order valence-electron chi connectivity index (χ1n) is 11.3. The normalized spacial score (nSPS) is 20.7. The van der Waals surface area contributed by atoms with Crippen molar-refractivity contribution >= 4 is 26.7 Å². The molecule has 3 heterocycles. The molecule has 0 aliphatic carbocycles. The fourth-order valence-electron chi connectivity index (χ4n) is 5.57. The molecule has 0 N–H and O–H groups in total. The maximum absolute atomic E-state index is 13.9. The highest BCUT2D eigenvalue weighted by molar-refractivity contribution is 7.90. The van der Waals surface area contributed by atoms with Crippen molar-refractivity contribution in [3.8, 4) is 0 Å². The van der Waals surface area contributed by atoms with Gasteiger partial charge in [0.05, 0.1) is 22.1 Å². The van der Waals surface area contributed by atoms with Crippen LogP contribution in [0.5, 0.6) is 0 Å². The molecule has 0 saturated carbocycles. The minimum absolute atomic E-state index is 0.0719. The lowest BCUT2D eigenvalue weighted by molar-refractivity contribution is -0.126. The Kier molecular flexibility index (Phi) is 4.75. The molecule has 2 unspecified atom stereocenters. The minimum Gasteiger partial charge on any atom is -0.300 e. The van der Waals surface area contributed by atoms with E-state index in [1.54, 1.807) is 24.3 Å². The molecule has 6 heteroatoms. The summed E-state index contributed by atoms with van der Waals surface area (Å²) >= 11 is 0. The predicted molar refractivity (Wildman–Crippen MR) is 127 cm³/mol. The number of ketones is 1. The molecule has 2 aliphatic rings. The number of rotatable bonds is 4. The van der Waals surface area contributed by atoms with E-state index in [-0.39, 0.29) is 22.8 Å². The highest BCUT2D eigenvalue weighted by Crippen LogP contribution is 2.46. The summed E-state index contributed by atoms with van der Waals surface area (Å²) in [5, 5.41) is 0.968. The highest BCUT2D eigenvalue weighted by atomic mass is 32.2. The van der Waals surface area contributed by atoms with Crippen LogP contribution in [0.3, 0.4) is 0 Å². The van der Waals surface area contributed by atoms with Gasteiger partial charge in [-0.2, -0.15) is 0 Å². The lowest BCUT2D eigenvalue weighted by atomic mass is 9.81. The maximum Gasteiger partial charge on any atom is 0.268 e. The molecular formula is C27H24N2O3S. The first kappa shape index (κ1) is 20.4. The third kappa shape index (κ3) is 3.24. The van der Waals surface area contributed by atoms with Crippen molar-refractivity contribution in [3.05, 3.63) is 102 Å². The first-order valence-corrected chi connectivity index (χ1v) is 12.7. The Balaban J connectivity index is 1.59. The number of aromatic nitrogens is 1. The molecule has 0 amide bonds. The molecule has 1 aromatic heterocycles. The summed E-state index contributed by atoms with van der Waals surface area (Å²) in [7, 11) is -3.84. The molecule has 2 atom stereocenters. The number of hydrogen-bond donors (Lipinski definition) is 0. The molecule has 2 aliphatic heterocycles. The maximum atomic E-state index is 13.9. The smallest absolute Gasteiger partial charge is 0.268 e. The summed E-state index contributed by atoms with van der Waals surface area (Å²) in [4.78, 5) is 15.3. The quantitative estimate of drug-likeness (QED) is 0.446. The third-order valence-corrected chi connectivity index (χ3v) is 8.72. The Hall–Kier alpha value is -3.22. The summed E-state index contributed by atoms with van der Waals surface area (Å²) in [6.45, 7) is 0.690. The fraction of sp³-hybridized carbons (Fsp3) is 0.222. The molecule has 0 spiro atoms. The number of nitrogens with zero attached hydrogens (tertiary/aromatic N) is 2. The largest absolute Gasteiger partial charge is 0.300 e. The van der Waals surface area contributed by atoms with E-state index in [4.69, 9.17) is 0 Å². The Morgan fingerprint density at radius 2 is 1.45 bits per heavy atom. The Bertz CT molecular complexity index is 1460. The first-order chi connectivity index (χ1) is 16.0. The zero-order chi connectivity index (χ0) is 22.6. The number of hydrogen-bond acceptors (Lipinski definition) is 4. The average molecular weight is 457 g/mol. The molecule has 6 rings (SSSR count). The topological polar surface area (TPSA) is 59.4 Å². The number of carbonyl (C=O) groups excluding carboxylic acids is 1. The van der Waals surface area contributed by atoms with Crippen LogP contribution in [-0.2, 0) is 27.8 Å². The van der Waals surface area contributed by atoms with Crippen LogP contribution in [0.25, 0.3) is 10.9 Å². The van der Waals surface area contributed by atoms with Gasteiger partial charge >= 0.3 is 0 Å². The van der Waals surface area contributed by atoms with Crippen molar-refractivity contribution in [1.29, 1.82) is 0 Å². The molecule has 166 valence electrons. The van der Waals surface area contributed by atoms with Gasteiger partial charge in [0.15, 0.2) is 0 Å². The number of para-hydroxylation sites is 1. The standard InChI is InChI=1S/C27H24N2O3S/c30-21-15-20-16-24-23-13-7-8-14-25(23)29(33(31,32)22-11-5-2-6-12-22)27(24)26(17-21)28(20)18-19-9-3-1-4-10-19/h1-14,20,26H,15-18H2. The molecule has 33 heavy (non-hydrogen) atoms. The van der Waals surface area contributed by atoms with Gasteiger partial charge in [0.1, 0.15) is 5.78 Å². The van der Waals surface area contributed by atoms with Crippen molar-refractivity contribution in [3.63, 3.8) is 0 Å². The predicted octanol–water partition coefficient (Wildman–Crippen LogP) is 4.71. The number of fused-ring (bicyclic) bond motifs is 6. The van der Waals surface area contributed by atoms with Crippen LogP contribution < -0.4 is 0 Å². The van der Waals surface area contributed by atoms with Crippen molar-refractivity contribution in [2.45, 2.75) is 42.8 Å². The lowest BCUT2D eigenvalue weighted by Gasteiger charge is -2.45. The van der Waals surface area contributed by atoms with Gasteiger partial charge in [0.2, 0.25) is 0 Å². The second-order valence-electron chi connectivity index (χ2n) is 8.94. The highest BCUT2D eigenvalue weighted by Gasteiger charge is 2.45. The fourth-order valence-corrected chi connectivity index (χ4v) is 7.19. The van der Waals surface area contributed by atoms with Crippen LogP contribution in [0, 0.1) is 0 Å². The van der Waals surface area contributed by atoms with Gasteiger partial charge in [-0.3, -0.25) is 9.69 Å². The van der Waals surface area contributed by atoms with Crippen LogP contribution >= 0.6 is 0 Å². The second kappa shape index (κ2) is 7.68. The van der Waals surface area contributed by atoms with Gasteiger partial charge in [0.25, 0.3) is 10.0 Å². The van der Waals surface area contributed by atoms with Gasteiger partial charge < -0.3 is 0 Å². The number of carbonyl (C=O) groups is 1. The van der Waals surface area contributed by atoms with Crippen LogP contribution in [-0.4, -0.2) is 29.1 Å². The van der Waals surface area contributed by atoms with E-state index in [2.05, 4.69) is 17.0 Å². The number of piperidine rings is 1. The Labute approximate surface area is 193 Å². The van der Waals surface area contributed by atoms with Gasteiger partial charge in [-0.1, -0.05) is 66.7 Å². The molecule has 4 aromatic rings. The average Bonchev–Trinajstić information content (AvgIpc) is 3.16. The van der Waals surface area contributed by atoms with Crippen molar-refractivity contribution in [1.82, 2.24) is 8.87 Å². The van der Waals surface area contributed by atoms with Gasteiger partial charge in [-0.05, 0) is 35.7 Å². The molecule has 1 fully saturated rings. The van der Waals surface area contributed by atoms with E-state index in [1.165, 1.54) is 9.54 Å². The molecule has 0 radical (unpaired) electrons. The molecular weight excluding hydrogens is 432 g/mol. The third-order valence-electron chi connectivity index (χ3n) is 6.97. The zero-order valence-electron chi connectivity index (χ0n) is 18.1.